The van der Waals surface area contributed by atoms with E-state index >= 15 is 0 Å². The van der Waals surface area contributed by atoms with Crippen molar-refractivity contribution >= 4 is 28.5 Å². The number of aromatic nitrogens is 3. The van der Waals surface area contributed by atoms with E-state index in [4.69, 9.17) is 16.0 Å². The number of nitro groups is 1. The Labute approximate surface area is 138 Å². The summed E-state index contributed by atoms with van der Waals surface area (Å²) in [6, 6.07) is 8.59. The van der Waals surface area contributed by atoms with Crippen LogP contribution in [0.15, 0.2) is 33.5 Å². The standard InChI is InChI=1S/C14H8ClN5O4/c1-19-14(21)11(15)10(12(18-19)20(22)23)7(6-16)13-17-8-4-2-3-5-9(8)24-13/h2-5,7H,1H3. The van der Waals surface area contributed by atoms with Crippen LogP contribution in [0.2, 0.25) is 5.02 Å². The second kappa shape index (κ2) is 5.75. The molecule has 0 bridgehead atoms. The van der Waals surface area contributed by atoms with E-state index in [1.165, 1.54) is 7.05 Å². The Balaban J connectivity index is 2.29. The van der Waals surface area contributed by atoms with E-state index in [1.54, 1.807) is 24.3 Å². The predicted octanol–water partition coefficient (Wildman–Crippen LogP) is 2.14. The van der Waals surface area contributed by atoms with Gasteiger partial charge in [-0.25, -0.2) is 4.98 Å². The zero-order chi connectivity index (χ0) is 17.4. The lowest BCUT2D eigenvalue weighted by Crippen LogP contribution is -2.24. The summed E-state index contributed by atoms with van der Waals surface area (Å²) >= 11 is 5.97. The van der Waals surface area contributed by atoms with Crippen molar-refractivity contribution in [1.82, 2.24) is 14.8 Å². The summed E-state index contributed by atoms with van der Waals surface area (Å²) in [5.74, 6) is -2.14. The van der Waals surface area contributed by atoms with Crippen LogP contribution in [0, 0.1) is 21.4 Å². The van der Waals surface area contributed by atoms with Gasteiger partial charge in [0.15, 0.2) is 11.5 Å². The molecule has 0 radical (unpaired) electrons. The molecule has 1 atom stereocenters. The van der Waals surface area contributed by atoms with Gasteiger partial charge >= 0.3 is 11.4 Å². The van der Waals surface area contributed by atoms with Crippen molar-refractivity contribution in [2.75, 3.05) is 0 Å². The summed E-state index contributed by atoms with van der Waals surface area (Å²) in [4.78, 5) is 26.6. The van der Waals surface area contributed by atoms with Gasteiger partial charge in [-0.3, -0.25) is 4.79 Å². The van der Waals surface area contributed by atoms with E-state index in [-0.39, 0.29) is 11.5 Å². The van der Waals surface area contributed by atoms with Gasteiger partial charge in [0.25, 0.3) is 0 Å². The van der Waals surface area contributed by atoms with Crippen LogP contribution >= 0.6 is 11.6 Å². The van der Waals surface area contributed by atoms with Crippen LogP contribution < -0.4 is 5.56 Å². The van der Waals surface area contributed by atoms with Crippen LogP contribution in [0.3, 0.4) is 0 Å². The predicted molar refractivity (Wildman–Crippen MR) is 82.6 cm³/mol. The smallest absolute Gasteiger partial charge is 0.395 e. The number of halogens is 1. The maximum Gasteiger partial charge on any atom is 0.395 e. The molecule has 1 aromatic carbocycles. The average molecular weight is 346 g/mol. The van der Waals surface area contributed by atoms with Crippen LogP contribution in [0.4, 0.5) is 5.82 Å². The first-order valence-corrected chi connectivity index (χ1v) is 6.98. The number of nitriles is 1. The van der Waals surface area contributed by atoms with Gasteiger partial charge in [-0.05, 0) is 17.1 Å². The first-order valence-electron chi connectivity index (χ1n) is 6.60. The number of para-hydroxylation sites is 2. The average Bonchev–Trinajstić information content (AvgIpc) is 2.98. The van der Waals surface area contributed by atoms with E-state index in [9.17, 15) is 20.2 Å². The summed E-state index contributed by atoms with van der Waals surface area (Å²) in [7, 11) is 1.23. The molecule has 0 saturated heterocycles. The minimum Gasteiger partial charge on any atom is -0.439 e. The molecule has 1 unspecified atom stereocenters. The number of hydrogen-bond acceptors (Lipinski definition) is 7. The van der Waals surface area contributed by atoms with Gasteiger partial charge in [0, 0.05) is 0 Å². The Morgan fingerprint density at radius 1 is 1.46 bits per heavy atom. The van der Waals surface area contributed by atoms with Crippen LogP contribution in [0.25, 0.3) is 11.1 Å². The Morgan fingerprint density at radius 3 is 2.79 bits per heavy atom. The molecule has 0 aliphatic heterocycles. The maximum absolute atomic E-state index is 12.0. The Kier molecular flexibility index (Phi) is 3.75. The van der Waals surface area contributed by atoms with E-state index in [0.29, 0.717) is 11.1 Å². The molecule has 0 amide bonds. The van der Waals surface area contributed by atoms with Crippen LogP contribution in [-0.2, 0) is 7.05 Å². The third-order valence-electron chi connectivity index (χ3n) is 3.35. The molecule has 9 nitrogen and oxygen atoms in total. The lowest BCUT2D eigenvalue weighted by Gasteiger charge is -2.08. The lowest BCUT2D eigenvalue weighted by molar-refractivity contribution is -0.391. The molecule has 0 spiro atoms. The van der Waals surface area contributed by atoms with Gasteiger partial charge in [-0.1, -0.05) is 23.7 Å². The van der Waals surface area contributed by atoms with Crippen LogP contribution in [0.5, 0.6) is 0 Å². The number of aryl methyl sites for hydroxylation is 1. The van der Waals surface area contributed by atoms with Gasteiger partial charge in [0.05, 0.1) is 18.2 Å². The minimum atomic E-state index is -1.34. The number of hydrogen-bond donors (Lipinski definition) is 0. The van der Waals surface area contributed by atoms with Crippen molar-refractivity contribution in [2.24, 2.45) is 7.05 Å². The van der Waals surface area contributed by atoms with Crippen LogP contribution in [0.1, 0.15) is 17.4 Å². The van der Waals surface area contributed by atoms with E-state index in [2.05, 4.69) is 10.1 Å². The van der Waals surface area contributed by atoms with Crippen molar-refractivity contribution < 1.29 is 9.34 Å². The third-order valence-corrected chi connectivity index (χ3v) is 3.72. The van der Waals surface area contributed by atoms with Crippen molar-refractivity contribution in [2.45, 2.75) is 5.92 Å². The molecule has 3 rings (SSSR count). The van der Waals surface area contributed by atoms with Gasteiger partial charge < -0.3 is 14.5 Å². The zero-order valence-corrected chi connectivity index (χ0v) is 12.9. The molecule has 0 aliphatic rings. The quantitative estimate of drug-likeness (QED) is 0.525. The van der Waals surface area contributed by atoms with Crippen molar-refractivity contribution in [1.29, 1.82) is 5.26 Å². The lowest BCUT2D eigenvalue weighted by atomic mass is 10.0. The Morgan fingerprint density at radius 2 is 2.17 bits per heavy atom. The van der Waals surface area contributed by atoms with E-state index < -0.39 is 27.2 Å². The molecule has 0 fully saturated rings. The monoisotopic (exact) mass is 345 g/mol. The Hall–Kier alpha value is -3.25. The molecule has 3 aromatic rings. The number of benzene rings is 1. The summed E-state index contributed by atoms with van der Waals surface area (Å²) in [5.41, 5.74) is -0.209. The van der Waals surface area contributed by atoms with Crippen molar-refractivity contribution in [3.05, 3.63) is 61.2 Å². The molecule has 2 heterocycles. The largest absolute Gasteiger partial charge is 0.439 e. The summed E-state index contributed by atoms with van der Waals surface area (Å²) in [6.07, 6.45) is 0. The summed E-state index contributed by atoms with van der Waals surface area (Å²) in [6.45, 7) is 0. The fraction of sp³-hybridized carbons (Fsp3) is 0.143. The fourth-order valence-corrected chi connectivity index (χ4v) is 2.56. The molecule has 0 N–H and O–H groups in total. The highest BCUT2D eigenvalue weighted by molar-refractivity contribution is 6.31. The highest BCUT2D eigenvalue weighted by Gasteiger charge is 2.34. The molecular weight excluding hydrogens is 338 g/mol. The number of rotatable bonds is 3. The summed E-state index contributed by atoms with van der Waals surface area (Å²) in [5, 5.41) is 23.9. The molecule has 0 saturated carbocycles. The fourth-order valence-electron chi connectivity index (χ4n) is 2.24. The molecule has 120 valence electrons. The van der Waals surface area contributed by atoms with E-state index in [1.807, 2.05) is 6.07 Å². The molecule has 0 aliphatic carbocycles. The van der Waals surface area contributed by atoms with Gasteiger partial charge in [0.2, 0.25) is 5.89 Å². The Bertz CT molecular complexity index is 1030. The zero-order valence-electron chi connectivity index (χ0n) is 12.1. The topological polar surface area (TPSA) is 128 Å². The molecule has 24 heavy (non-hydrogen) atoms. The maximum atomic E-state index is 12.0. The second-order valence-electron chi connectivity index (χ2n) is 4.82. The third kappa shape index (κ3) is 2.39. The van der Waals surface area contributed by atoms with Gasteiger partial charge in [-0.15, -0.1) is 4.68 Å². The number of nitrogens with zero attached hydrogens (tertiary/aromatic N) is 5. The SMILES string of the molecule is Cn1nc([N+](=O)[O-])c(C(C#N)c2nc3ccccc3o2)c(Cl)c1=O. The number of fused-ring (bicyclic) bond motifs is 1. The van der Waals surface area contributed by atoms with E-state index in [0.717, 1.165) is 4.68 Å². The molecule has 2 aromatic heterocycles. The van der Waals surface area contributed by atoms with Crippen molar-refractivity contribution in [3.8, 4) is 6.07 Å². The first-order chi connectivity index (χ1) is 11.4. The highest BCUT2D eigenvalue weighted by atomic mass is 35.5. The first kappa shape index (κ1) is 15.6. The van der Waals surface area contributed by atoms with Gasteiger partial charge in [-0.2, -0.15) is 5.26 Å². The highest BCUT2D eigenvalue weighted by Crippen LogP contribution is 2.34. The molecule has 10 heteroatoms. The molecular formula is C14H8ClN5O4. The normalized spacial score (nSPS) is 12.0. The second-order valence-corrected chi connectivity index (χ2v) is 5.20. The number of oxazole rings is 1. The summed E-state index contributed by atoms with van der Waals surface area (Å²) < 4.78 is 6.22. The van der Waals surface area contributed by atoms with Crippen LogP contribution in [-0.4, -0.2) is 19.7 Å². The minimum absolute atomic E-state index is 0.0984. The van der Waals surface area contributed by atoms with Gasteiger partial charge in [0.1, 0.15) is 16.1 Å². The van der Waals surface area contributed by atoms with Crippen molar-refractivity contribution in [3.63, 3.8) is 0 Å².